The summed E-state index contributed by atoms with van der Waals surface area (Å²) in [5.41, 5.74) is 2.67. The van der Waals surface area contributed by atoms with Crippen molar-refractivity contribution in [2.75, 3.05) is 18.4 Å². The van der Waals surface area contributed by atoms with Crippen molar-refractivity contribution in [3.05, 3.63) is 41.6 Å². The van der Waals surface area contributed by atoms with E-state index in [1.807, 2.05) is 41.9 Å². The van der Waals surface area contributed by atoms with Crippen LogP contribution in [-0.2, 0) is 10.2 Å². The minimum Gasteiger partial charge on any atom is -0.333 e. The Morgan fingerprint density at radius 1 is 1.08 bits per heavy atom. The molecule has 2 N–H and O–H groups in total. The fourth-order valence-electron chi connectivity index (χ4n) is 7.35. The smallest absolute Gasteiger partial charge is 0.318 e. The summed E-state index contributed by atoms with van der Waals surface area (Å²) in [5.74, 6) is 2.70. The van der Waals surface area contributed by atoms with Crippen molar-refractivity contribution in [2.24, 2.45) is 17.8 Å². The molecule has 0 radical (unpaired) electrons. The second-order valence-corrected chi connectivity index (χ2v) is 13.3. The number of amides is 3. The number of hydrogen-bond acceptors (Lipinski definition) is 3. The van der Waals surface area contributed by atoms with E-state index < -0.39 is 0 Å². The molecule has 206 valence electrons. The molecule has 4 bridgehead atoms. The van der Waals surface area contributed by atoms with Gasteiger partial charge in [-0.3, -0.25) is 4.79 Å². The zero-order chi connectivity index (χ0) is 27.1. The topological polar surface area (TPSA) is 79.3 Å². The normalized spacial score (nSPS) is 25.9. The summed E-state index contributed by atoms with van der Waals surface area (Å²) in [4.78, 5) is 28.7. The van der Waals surface area contributed by atoms with Gasteiger partial charge in [-0.15, -0.1) is 0 Å². The van der Waals surface area contributed by atoms with E-state index in [1.54, 1.807) is 4.90 Å². The fraction of sp³-hybridized carbons (Fsp3) is 0.645. The van der Waals surface area contributed by atoms with Crippen LogP contribution in [0.1, 0.15) is 90.3 Å². The van der Waals surface area contributed by atoms with Crippen LogP contribution < -0.4 is 10.6 Å². The highest BCUT2D eigenvalue weighted by Gasteiger charge is 2.51. The van der Waals surface area contributed by atoms with Crippen LogP contribution in [0.4, 0.5) is 10.6 Å². The van der Waals surface area contributed by atoms with Crippen LogP contribution >= 0.6 is 0 Å². The average molecular weight is 520 g/mol. The average Bonchev–Trinajstić information content (AvgIpc) is 3.24. The molecule has 4 fully saturated rings. The number of aryl methyl sites for hydroxylation is 1. The van der Waals surface area contributed by atoms with Crippen molar-refractivity contribution in [1.29, 1.82) is 0 Å². The van der Waals surface area contributed by atoms with Crippen LogP contribution in [0.5, 0.6) is 0 Å². The Bertz CT molecular complexity index is 1140. The molecule has 4 aliphatic rings. The van der Waals surface area contributed by atoms with Gasteiger partial charge in [0.25, 0.3) is 0 Å². The number of carbonyl (C=O) groups is 2. The third-order valence-electron chi connectivity index (χ3n) is 8.90. The van der Waals surface area contributed by atoms with Gasteiger partial charge in [-0.25, -0.2) is 9.48 Å². The van der Waals surface area contributed by atoms with Gasteiger partial charge < -0.3 is 15.5 Å². The lowest BCUT2D eigenvalue weighted by atomic mass is 9.53. The molecule has 0 aliphatic heterocycles. The lowest BCUT2D eigenvalue weighted by molar-refractivity contribution is -0.116. The second kappa shape index (κ2) is 10.4. The minimum atomic E-state index is -0.197. The minimum absolute atomic E-state index is 0.0298. The van der Waals surface area contributed by atoms with E-state index in [2.05, 4.69) is 38.3 Å². The summed E-state index contributed by atoms with van der Waals surface area (Å²) in [6, 6.07) is 9.90. The lowest BCUT2D eigenvalue weighted by Crippen LogP contribution is -2.62. The summed E-state index contributed by atoms with van der Waals surface area (Å²) in [6.45, 7) is 11.1. The molecule has 0 atom stereocenters. The first-order valence-corrected chi connectivity index (χ1v) is 14.6. The van der Waals surface area contributed by atoms with Crippen molar-refractivity contribution in [3.8, 4) is 5.69 Å². The first-order chi connectivity index (χ1) is 18.0. The molecule has 0 spiro atoms. The summed E-state index contributed by atoms with van der Waals surface area (Å²) in [5, 5.41) is 11.4. The van der Waals surface area contributed by atoms with Crippen LogP contribution in [0.15, 0.2) is 30.3 Å². The van der Waals surface area contributed by atoms with Gasteiger partial charge in [0, 0.05) is 23.6 Å². The molecule has 3 amide bonds. The molecule has 7 nitrogen and oxygen atoms in total. The first kappa shape index (κ1) is 26.8. The lowest BCUT2D eigenvalue weighted by Gasteiger charge is -2.57. The molecule has 1 aromatic heterocycles. The standard InChI is InChI=1S/C31H45N5O2/c1-6-7-12-35(29(38)33-31-17-22-13-23(18-31)15-24(14-22)19-31)20-28(37)32-27-16-26(30(3,4)5)34-36(27)25-11-9-8-10-21(25)2/h8-11,16,22-24H,6-7,12-15,17-20H2,1-5H3,(H,32,37)(H,33,38). The first-order valence-electron chi connectivity index (χ1n) is 14.6. The summed E-state index contributed by atoms with van der Waals surface area (Å²) in [6.07, 6.45) is 9.15. The maximum atomic E-state index is 13.6. The fourth-order valence-corrected chi connectivity index (χ4v) is 7.35. The number of para-hydroxylation sites is 1. The molecule has 0 saturated heterocycles. The number of nitrogens with one attached hydrogen (secondary N) is 2. The number of aromatic nitrogens is 2. The molecule has 6 rings (SSSR count). The predicted octanol–water partition coefficient (Wildman–Crippen LogP) is 6.20. The third-order valence-corrected chi connectivity index (χ3v) is 8.90. The van der Waals surface area contributed by atoms with Gasteiger partial charge in [0.2, 0.25) is 5.91 Å². The van der Waals surface area contributed by atoms with Crippen molar-refractivity contribution in [1.82, 2.24) is 20.0 Å². The Morgan fingerprint density at radius 3 is 2.29 bits per heavy atom. The summed E-state index contributed by atoms with van der Waals surface area (Å²) < 4.78 is 1.82. The van der Waals surface area contributed by atoms with Gasteiger partial charge in [0.1, 0.15) is 12.4 Å². The van der Waals surface area contributed by atoms with Crippen LogP contribution in [0.25, 0.3) is 5.69 Å². The largest absolute Gasteiger partial charge is 0.333 e. The van der Waals surface area contributed by atoms with Gasteiger partial charge in [-0.05, 0) is 81.3 Å². The van der Waals surface area contributed by atoms with Gasteiger partial charge in [0.05, 0.1) is 11.4 Å². The van der Waals surface area contributed by atoms with Crippen LogP contribution in [0.2, 0.25) is 0 Å². The third kappa shape index (κ3) is 5.62. The van der Waals surface area contributed by atoms with Gasteiger partial charge >= 0.3 is 6.03 Å². The molecule has 1 heterocycles. The number of anilines is 1. The van der Waals surface area contributed by atoms with Gasteiger partial charge in [-0.1, -0.05) is 52.3 Å². The quantitative estimate of drug-likeness (QED) is 0.436. The van der Waals surface area contributed by atoms with E-state index in [-0.39, 0.29) is 29.4 Å². The van der Waals surface area contributed by atoms with Crippen LogP contribution in [0.3, 0.4) is 0 Å². The molecule has 4 aliphatic carbocycles. The summed E-state index contributed by atoms with van der Waals surface area (Å²) in [7, 11) is 0. The van der Waals surface area contributed by atoms with E-state index >= 15 is 0 Å². The SMILES string of the molecule is CCCCN(CC(=O)Nc1cc(C(C)(C)C)nn1-c1ccccc1C)C(=O)NC12CC3CC(CC(C3)C1)C2. The van der Waals surface area contributed by atoms with E-state index in [0.717, 1.165) is 66.8 Å². The number of unbranched alkanes of at least 4 members (excludes halogenated alkanes) is 1. The van der Waals surface area contributed by atoms with Crippen LogP contribution in [-0.4, -0.2) is 45.2 Å². The predicted molar refractivity (Wildman–Crippen MR) is 152 cm³/mol. The van der Waals surface area contributed by atoms with Crippen molar-refractivity contribution in [3.63, 3.8) is 0 Å². The number of rotatable bonds is 8. The van der Waals surface area contributed by atoms with E-state index in [0.29, 0.717) is 12.4 Å². The number of hydrogen-bond donors (Lipinski definition) is 2. The number of benzene rings is 1. The Morgan fingerprint density at radius 2 is 1.71 bits per heavy atom. The molecule has 4 saturated carbocycles. The maximum absolute atomic E-state index is 13.6. The summed E-state index contributed by atoms with van der Waals surface area (Å²) >= 11 is 0. The van der Waals surface area contributed by atoms with Crippen molar-refractivity contribution >= 4 is 17.8 Å². The Balaban J connectivity index is 1.32. The highest BCUT2D eigenvalue weighted by atomic mass is 16.2. The maximum Gasteiger partial charge on any atom is 0.318 e. The molecule has 38 heavy (non-hydrogen) atoms. The number of urea groups is 1. The second-order valence-electron chi connectivity index (χ2n) is 13.3. The van der Waals surface area contributed by atoms with E-state index in [1.165, 1.54) is 19.3 Å². The molecule has 2 aromatic rings. The zero-order valence-corrected chi connectivity index (χ0v) is 23.8. The van der Waals surface area contributed by atoms with Crippen molar-refractivity contribution < 1.29 is 9.59 Å². The number of carbonyl (C=O) groups excluding carboxylic acids is 2. The van der Waals surface area contributed by atoms with Gasteiger partial charge in [-0.2, -0.15) is 5.10 Å². The monoisotopic (exact) mass is 519 g/mol. The van der Waals surface area contributed by atoms with Crippen LogP contribution in [0, 0.1) is 24.7 Å². The molecular weight excluding hydrogens is 474 g/mol. The molecule has 7 heteroatoms. The van der Waals surface area contributed by atoms with Gasteiger partial charge in [0.15, 0.2) is 0 Å². The number of nitrogens with zero attached hydrogens (tertiary/aromatic N) is 3. The Hall–Kier alpha value is -2.83. The molecule has 0 unspecified atom stereocenters. The van der Waals surface area contributed by atoms with E-state index in [9.17, 15) is 9.59 Å². The van der Waals surface area contributed by atoms with Crippen molar-refractivity contribution in [2.45, 2.75) is 96.9 Å². The Kier molecular flexibility index (Phi) is 7.31. The Labute approximate surface area is 227 Å². The molecule has 1 aromatic carbocycles. The highest BCUT2D eigenvalue weighted by Crippen LogP contribution is 2.55. The molecular formula is C31H45N5O2. The zero-order valence-electron chi connectivity index (χ0n) is 23.8. The highest BCUT2D eigenvalue weighted by molar-refractivity contribution is 5.94. The van der Waals surface area contributed by atoms with E-state index in [4.69, 9.17) is 5.10 Å².